The predicted molar refractivity (Wildman–Crippen MR) is 91.0 cm³/mol. The zero-order valence-electron chi connectivity index (χ0n) is 13.5. The molecule has 0 bridgehead atoms. The van der Waals surface area contributed by atoms with Crippen LogP contribution >= 0.6 is 0 Å². The Kier molecular flexibility index (Phi) is 3.32. The molecule has 1 fully saturated rings. The summed E-state index contributed by atoms with van der Waals surface area (Å²) in [6.45, 7) is 12.1. The van der Waals surface area contributed by atoms with Crippen molar-refractivity contribution in [3.05, 3.63) is 36.0 Å². The molecule has 1 saturated carbocycles. The summed E-state index contributed by atoms with van der Waals surface area (Å²) in [7, 11) is -1.51. The van der Waals surface area contributed by atoms with E-state index >= 15 is 0 Å². The summed E-state index contributed by atoms with van der Waals surface area (Å²) in [5.74, 6) is 0. The van der Waals surface area contributed by atoms with Gasteiger partial charge in [-0.3, -0.25) is 0 Å². The second kappa shape index (κ2) is 4.76. The molecule has 1 aromatic heterocycles. The third kappa shape index (κ3) is 1.88. The van der Waals surface area contributed by atoms with E-state index in [1.165, 1.54) is 29.3 Å². The molecule has 0 atom stereocenters. The van der Waals surface area contributed by atoms with Gasteiger partial charge < -0.3 is 4.23 Å². The van der Waals surface area contributed by atoms with Gasteiger partial charge in [0.05, 0.1) is 0 Å². The first kappa shape index (κ1) is 13.9. The Balaban J connectivity index is 2.26. The molecule has 0 amide bonds. The fourth-order valence-electron chi connectivity index (χ4n) is 4.48. The summed E-state index contributed by atoms with van der Waals surface area (Å²) in [6, 6.07) is 9.24. The molecule has 1 aliphatic carbocycles. The highest BCUT2D eigenvalue weighted by Crippen LogP contribution is 2.56. The number of nitrogens with zero attached hydrogens (tertiary/aromatic N) is 1. The number of hydrogen-bond acceptors (Lipinski definition) is 0. The van der Waals surface area contributed by atoms with E-state index in [1.54, 1.807) is 0 Å². The molecular formula is C18H27NSi. The number of aryl methyl sites for hydroxylation is 1. The molecule has 2 heteroatoms. The van der Waals surface area contributed by atoms with Gasteiger partial charge in [0.25, 0.3) is 0 Å². The normalized spacial score (nSPS) is 16.6. The molecule has 0 aliphatic heterocycles. The number of rotatable bonds is 4. The van der Waals surface area contributed by atoms with Gasteiger partial charge in [-0.15, -0.1) is 0 Å². The SMILES string of the molecule is Cc1ccc2ccn([Si](C(C)C)(C(C)C)C3CC3)c2c1. The highest BCUT2D eigenvalue weighted by Gasteiger charge is 2.53. The standard InChI is InChI=1S/C18H27NSi/c1-13(2)20(14(3)4,17-8-9-17)19-11-10-16-7-6-15(5)12-18(16)19/h6-7,10-14,17H,8-9H2,1-5H3. The average molecular weight is 286 g/mol. The van der Waals surface area contributed by atoms with Crippen LogP contribution in [-0.4, -0.2) is 12.5 Å². The molecule has 0 unspecified atom stereocenters. The molecule has 1 heterocycles. The minimum absolute atomic E-state index is 0.797. The fraction of sp³-hybridized carbons (Fsp3) is 0.556. The highest BCUT2D eigenvalue weighted by molar-refractivity contribution is 6.83. The Morgan fingerprint density at radius 3 is 2.25 bits per heavy atom. The first-order valence-electron chi connectivity index (χ1n) is 8.06. The summed E-state index contributed by atoms with van der Waals surface area (Å²) in [5.41, 5.74) is 5.44. The molecule has 0 saturated heterocycles. The largest absolute Gasteiger partial charge is 0.373 e. The van der Waals surface area contributed by atoms with Gasteiger partial charge in [-0.2, -0.15) is 0 Å². The van der Waals surface area contributed by atoms with Crippen molar-refractivity contribution in [2.24, 2.45) is 0 Å². The van der Waals surface area contributed by atoms with Crippen LogP contribution in [0.15, 0.2) is 30.5 Å². The first-order chi connectivity index (χ1) is 9.47. The highest BCUT2D eigenvalue weighted by atomic mass is 28.3. The molecule has 2 aromatic rings. The van der Waals surface area contributed by atoms with Crippen LogP contribution in [0, 0.1) is 6.92 Å². The van der Waals surface area contributed by atoms with E-state index in [1.807, 2.05) is 0 Å². The monoisotopic (exact) mass is 285 g/mol. The van der Waals surface area contributed by atoms with Crippen molar-refractivity contribution >= 4 is 19.1 Å². The lowest BCUT2D eigenvalue weighted by atomic mass is 10.2. The van der Waals surface area contributed by atoms with E-state index in [-0.39, 0.29) is 0 Å². The van der Waals surface area contributed by atoms with Crippen molar-refractivity contribution in [1.82, 2.24) is 4.23 Å². The van der Waals surface area contributed by atoms with Crippen LogP contribution in [0.2, 0.25) is 16.6 Å². The van der Waals surface area contributed by atoms with E-state index in [0.29, 0.717) is 0 Å². The van der Waals surface area contributed by atoms with Crippen molar-refractivity contribution in [3.8, 4) is 0 Å². The smallest absolute Gasteiger partial charge is 0.169 e. The Bertz CT molecular complexity index is 606. The minimum atomic E-state index is -1.51. The topological polar surface area (TPSA) is 4.93 Å². The lowest BCUT2D eigenvalue weighted by molar-refractivity contribution is 0.820. The van der Waals surface area contributed by atoms with E-state index in [9.17, 15) is 0 Å². The maximum Gasteiger partial charge on any atom is 0.169 e. The zero-order chi connectivity index (χ0) is 14.5. The molecular weight excluding hydrogens is 258 g/mol. The summed E-state index contributed by atoms with van der Waals surface area (Å²) in [6.07, 6.45) is 5.30. The molecule has 1 aliphatic rings. The fourth-order valence-corrected chi connectivity index (χ4v) is 11.2. The van der Waals surface area contributed by atoms with Gasteiger partial charge in [0.1, 0.15) is 0 Å². The van der Waals surface area contributed by atoms with Crippen molar-refractivity contribution < 1.29 is 0 Å². The predicted octanol–water partition coefficient (Wildman–Crippen LogP) is 5.73. The molecule has 0 radical (unpaired) electrons. The number of aromatic nitrogens is 1. The molecule has 108 valence electrons. The number of benzene rings is 1. The summed E-state index contributed by atoms with van der Waals surface area (Å²) in [5, 5.41) is 1.41. The van der Waals surface area contributed by atoms with Crippen LogP contribution in [0.4, 0.5) is 0 Å². The van der Waals surface area contributed by atoms with Crippen LogP contribution in [0.1, 0.15) is 46.1 Å². The quantitative estimate of drug-likeness (QED) is 0.632. The second-order valence-electron chi connectivity index (χ2n) is 7.22. The van der Waals surface area contributed by atoms with Gasteiger partial charge in [0.15, 0.2) is 8.24 Å². The molecule has 0 spiro atoms. The summed E-state index contributed by atoms with van der Waals surface area (Å²) >= 11 is 0. The van der Waals surface area contributed by atoms with Crippen LogP contribution in [-0.2, 0) is 0 Å². The van der Waals surface area contributed by atoms with E-state index in [0.717, 1.165) is 16.6 Å². The van der Waals surface area contributed by atoms with Crippen molar-refractivity contribution in [3.63, 3.8) is 0 Å². The molecule has 1 aromatic carbocycles. The van der Waals surface area contributed by atoms with Gasteiger partial charge in [0, 0.05) is 5.52 Å². The van der Waals surface area contributed by atoms with Crippen LogP contribution < -0.4 is 0 Å². The Morgan fingerprint density at radius 1 is 1.05 bits per heavy atom. The average Bonchev–Trinajstić information content (AvgIpc) is 3.12. The second-order valence-corrected chi connectivity index (χ2v) is 12.6. The Labute approximate surface area is 124 Å². The van der Waals surface area contributed by atoms with Crippen LogP contribution in [0.3, 0.4) is 0 Å². The van der Waals surface area contributed by atoms with E-state index in [2.05, 4.69) is 69.3 Å². The molecule has 3 rings (SSSR count). The third-order valence-electron chi connectivity index (χ3n) is 5.35. The number of hydrogen-bond donors (Lipinski definition) is 0. The molecule has 0 N–H and O–H groups in total. The summed E-state index contributed by atoms with van der Waals surface area (Å²) < 4.78 is 2.75. The van der Waals surface area contributed by atoms with Crippen molar-refractivity contribution in [1.29, 1.82) is 0 Å². The minimum Gasteiger partial charge on any atom is -0.373 e. The lowest BCUT2D eigenvalue weighted by Gasteiger charge is -2.41. The zero-order valence-corrected chi connectivity index (χ0v) is 14.5. The van der Waals surface area contributed by atoms with Crippen molar-refractivity contribution in [2.45, 2.75) is 64.1 Å². The molecule has 1 nitrogen and oxygen atoms in total. The van der Waals surface area contributed by atoms with Crippen LogP contribution in [0.5, 0.6) is 0 Å². The van der Waals surface area contributed by atoms with Crippen molar-refractivity contribution in [2.75, 3.05) is 0 Å². The Hall–Kier alpha value is -1.02. The van der Waals surface area contributed by atoms with Gasteiger partial charge in [-0.1, -0.05) is 52.7 Å². The first-order valence-corrected chi connectivity index (χ1v) is 10.2. The maximum atomic E-state index is 2.75. The Morgan fingerprint density at radius 2 is 1.70 bits per heavy atom. The molecule has 20 heavy (non-hydrogen) atoms. The van der Waals surface area contributed by atoms with E-state index in [4.69, 9.17) is 0 Å². The number of fused-ring (bicyclic) bond motifs is 1. The lowest BCUT2D eigenvalue weighted by Crippen LogP contribution is -2.49. The van der Waals surface area contributed by atoms with E-state index < -0.39 is 8.24 Å². The maximum absolute atomic E-state index is 2.75. The van der Waals surface area contributed by atoms with Crippen LogP contribution in [0.25, 0.3) is 10.9 Å². The van der Waals surface area contributed by atoms with Gasteiger partial charge in [-0.05, 0) is 52.8 Å². The summed E-state index contributed by atoms with van der Waals surface area (Å²) in [4.78, 5) is 0. The van der Waals surface area contributed by atoms with Gasteiger partial charge in [0.2, 0.25) is 0 Å². The third-order valence-corrected chi connectivity index (χ3v) is 12.2. The van der Waals surface area contributed by atoms with Gasteiger partial charge in [-0.25, -0.2) is 0 Å². The van der Waals surface area contributed by atoms with Gasteiger partial charge >= 0.3 is 0 Å².